The zero-order valence-corrected chi connectivity index (χ0v) is 15.3. The Morgan fingerprint density at radius 3 is 2.22 bits per heavy atom. The molecule has 0 atom stereocenters. The Bertz CT molecular complexity index is 404. The Hall–Kier alpha value is -0.170. The van der Waals surface area contributed by atoms with E-state index in [-0.39, 0.29) is 25.8 Å². The summed E-state index contributed by atoms with van der Waals surface area (Å²) >= 11 is 0. The van der Waals surface area contributed by atoms with Gasteiger partial charge in [0.05, 0.1) is 0 Å². The van der Waals surface area contributed by atoms with Crippen LogP contribution in [0.2, 0.25) is 0 Å². The van der Waals surface area contributed by atoms with Gasteiger partial charge in [0.25, 0.3) is 0 Å². The van der Waals surface area contributed by atoms with Gasteiger partial charge >= 0.3 is 0 Å². The van der Waals surface area contributed by atoms with E-state index in [9.17, 15) is 0 Å². The van der Waals surface area contributed by atoms with Gasteiger partial charge in [0.2, 0.25) is 0 Å². The molecule has 0 aromatic heterocycles. The first kappa shape index (κ1) is 15.9. The van der Waals surface area contributed by atoms with E-state index in [0.29, 0.717) is 0 Å². The number of allylic oxidation sites excluding steroid dienone is 1. The summed E-state index contributed by atoms with van der Waals surface area (Å²) in [6.45, 7) is 4.54. The van der Waals surface area contributed by atoms with Crippen LogP contribution in [0, 0.1) is 6.08 Å². The number of rotatable bonds is 6. The van der Waals surface area contributed by atoms with Crippen molar-refractivity contribution in [1.82, 2.24) is 0 Å². The average molecular weight is 406 g/mol. The van der Waals surface area contributed by atoms with E-state index >= 15 is 0 Å². The zero-order valence-electron chi connectivity index (χ0n) is 11.7. The largest absolute Gasteiger partial charge is 0.272 e. The molecule has 0 saturated carbocycles. The van der Waals surface area contributed by atoms with Gasteiger partial charge in [-0.1, -0.05) is 38.3 Å². The number of hydrogen-bond acceptors (Lipinski definition) is 0. The predicted molar refractivity (Wildman–Crippen MR) is 75.1 cm³/mol. The van der Waals surface area contributed by atoms with E-state index in [2.05, 4.69) is 38.1 Å². The van der Waals surface area contributed by atoms with Crippen molar-refractivity contribution in [2.24, 2.45) is 0 Å². The van der Waals surface area contributed by atoms with Crippen molar-refractivity contribution in [3.05, 3.63) is 40.5 Å². The zero-order chi connectivity index (χ0) is 12.1. The van der Waals surface area contributed by atoms with Gasteiger partial charge in [-0.15, -0.1) is 18.1 Å². The third-order valence-electron chi connectivity index (χ3n) is 3.61. The molecule has 0 N–H and O–H groups in total. The molecule has 0 saturated heterocycles. The van der Waals surface area contributed by atoms with Gasteiger partial charge in [-0.3, -0.25) is 6.08 Å². The first-order valence-electron chi connectivity index (χ1n) is 7.06. The molecule has 18 heavy (non-hydrogen) atoms. The van der Waals surface area contributed by atoms with E-state index in [1.165, 1.54) is 49.7 Å². The molecule has 0 radical (unpaired) electrons. The van der Waals surface area contributed by atoms with Crippen molar-refractivity contribution in [3.63, 3.8) is 0 Å². The molecule has 0 fully saturated rings. The molecule has 0 heterocycles. The monoisotopic (exact) mass is 407 g/mol. The maximum absolute atomic E-state index is 3.33. The molecule has 0 nitrogen and oxygen atoms in total. The Morgan fingerprint density at radius 2 is 1.61 bits per heavy atom. The van der Waals surface area contributed by atoms with Crippen LogP contribution < -0.4 is 0 Å². The van der Waals surface area contributed by atoms with Crippen LogP contribution in [-0.2, 0) is 45.1 Å². The molecule has 1 aliphatic carbocycles. The van der Waals surface area contributed by atoms with Crippen LogP contribution in [0.4, 0.5) is 0 Å². The van der Waals surface area contributed by atoms with Crippen LogP contribution >= 0.6 is 0 Å². The summed E-state index contributed by atoms with van der Waals surface area (Å²) in [6, 6.07) is 4.85. The fourth-order valence-corrected chi connectivity index (χ4v) is 2.52. The Morgan fingerprint density at radius 1 is 1.00 bits per heavy atom. The molecule has 0 amide bonds. The van der Waals surface area contributed by atoms with Crippen LogP contribution in [0.25, 0.3) is 6.08 Å². The van der Waals surface area contributed by atoms with Crippen LogP contribution in [0.1, 0.15) is 61.8 Å². The van der Waals surface area contributed by atoms with Crippen molar-refractivity contribution in [2.75, 3.05) is 0 Å². The van der Waals surface area contributed by atoms with Gasteiger partial charge in [0.15, 0.2) is 0 Å². The van der Waals surface area contributed by atoms with Crippen molar-refractivity contribution in [3.8, 4) is 0 Å². The van der Waals surface area contributed by atoms with Gasteiger partial charge in [0.1, 0.15) is 0 Å². The molecule has 0 unspecified atom stereocenters. The Labute approximate surface area is 131 Å². The van der Waals surface area contributed by atoms with Gasteiger partial charge in [-0.05, 0) is 31.2 Å². The Balaban J connectivity index is 0.00000162. The van der Waals surface area contributed by atoms with E-state index in [4.69, 9.17) is 0 Å². The second-order valence-electron chi connectivity index (χ2n) is 5.05. The number of hydrogen-bond donors (Lipinski definition) is 0. The summed E-state index contributed by atoms with van der Waals surface area (Å²) in [5.41, 5.74) is 6.07. The standard InChI is InChI=1S/C17H23.Hf/c1-3-5-8-14-12-16-10-7-11-17(16)13-15(14)9-6-4-2;/h10,12-13H,3-6,8-9,11H2,1-2H3;/q-1;. The van der Waals surface area contributed by atoms with Crippen molar-refractivity contribution >= 4 is 6.08 Å². The third kappa shape index (κ3) is 3.91. The Kier molecular flexibility index (Phi) is 7.14. The van der Waals surface area contributed by atoms with E-state index < -0.39 is 0 Å². The average Bonchev–Trinajstić information content (AvgIpc) is 2.80. The summed E-state index contributed by atoms with van der Waals surface area (Å²) in [7, 11) is 0. The third-order valence-corrected chi connectivity index (χ3v) is 3.61. The number of aryl methyl sites for hydroxylation is 2. The normalized spacial score (nSPS) is 12.3. The van der Waals surface area contributed by atoms with Crippen molar-refractivity contribution in [2.45, 2.75) is 58.8 Å². The summed E-state index contributed by atoms with van der Waals surface area (Å²) in [6.07, 6.45) is 14.2. The molecule has 0 spiro atoms. The van der Waals surface area contributed by atoms with Gasteiger partial charge < -0.3 is 0 Å². The van der Waals surface area contributed by atoms with E-state index in [0.717, 1.165) is 6.42 Å². The molecular weight excluding hydrogens is 383 g/mol. The number of unbranched alkanes of at least 4 members (excludes halogenated alkanes) is 2. The second kappa shape index (κ2) is 8.09. The van der Waals surface area contributed by atoms with E-state index in [1.807, 2.05) is 0 Å². The molecule has 1 aromatic rings. The van der Waals surface area contributed by atoms with Gasteiger partial charge in [0, 0.05) is 25.8 Å². The predicted octanol–water partition coefficient (Wildman–Crippen LogP) is 4.74. The minimum Gasteiger partial charge on any atom is -0.272 e. The van der Waals surface area contributed by atoms with Crippen LogP contribution in [0.3, 0.4) is 0 Å². The second-order valence-corrected chi connectivity index (χ2v) is 5.05. The molecule has 1 aromatic carbocycles. The van der Waals surface area contributed by atoms with Crippen molar-refractivity contribution in [1.29, 1.82) is 0 Å². The van der Waals surface area contributed by atoms with Crippen LogP contribution in [0.5, 0.6) is 0 Å². The van der Waals surface area contributed by atoms with Gasteiger partial charge in [-0.25, -0.2) is 6.08 Å². The maximum atomic E-state index is 3.33. The fourth-order valence-electron chi connectivity index (χ4n) is 2.52. The van der Waals surface area contributed by atoms with Crippen LogP contribution in [-0.4, -0.2) is 0 Å². The van der Waals surface area contributed by atoms with Gasteiger partial charge in [-0.2, -0.15) is 5.56 Å². The van der Waals surface area contributed by atoms with Crippen LogP contribution in [0.15, 0.2) is 12.1 Å². The summed E-state index contributed by atoms with van der Waals surface area (Å²) in [5.74, 6) is 0. The molecule has 96 valence electrons. The minimum absolute atomic E-state index is 0. The quantitative estimate of drug-likeness (QED) is 0.473. The molecule has 1 aliphatic rings. The molecule has 2 rings (SSSR count). The number of benzene rings is 1. The first-order chi connectivity index (χ1) is 8.35. The summed E-state index contributed by atoms with van der Waals surface area (Å²) in [4.78, 5) is 0. The summed E-state index contributed by atoms with van der Waals surface area (Å²) < 4.78 is 0. The first-order valence-corrected chi connectivity index (χ1v) is 7.06. The molecule has 0 aliphatic heterocycles. The molecular formula is C17H23Hf-. The topological polar surface area (TPSA) is 0 Å². The fraction of sp³-hybridized carbons (Fsp3) is 0.529. The minimum atomic E-state index is 0. The maximum Gasteiger partial charge on any atom is 0 e. The molecule has 1 heteroatoms. The number of fused-ring (bicyclic) bond motifs is 1. The van der Waals surface area contributed by atoms with Crippen molar-refractivity contribution < 1.29 is 25.8 Å². The smallest absolute Gasteiger partial charge is 0 e. The molecule has 0 bridgehead atoms. The van der Waals surface area contributed by atoms with E-state index in [1.54, 1.807) is 11.1 Å². The SMILES string of the molecule is CCCCc1cc2c(cc1CCCC)C[C-]=C2.[Hf]. The summed E-state index contributed by atoms with van der Waals surface area (Å²) in [5, 5.41) is 0.